The highest BCUT2D eigenvalue weighted by atomic mass is 19.1. The maximum atomic E-state index is 13.2. The highest BCUT2D eigenvalue weighted by Gasteiger charge is 2.44. The monoisotopic (exact) mass is 819 g/mol. The summed E-state index contributed by atoms with van der Waals surface area (Å²) in [6.45, 7) is 0. The molecule has 58 heavy (non-hydrogen) atoms. The van der Waals surface area contributed by atoms with Crippen molar-refractivity contribution < 1.29 is 62.4 Å². The van der Waals surface area contributed by atoms with Crippen molar-refractivity contribution in [3.05, 3.63) is 74.0 Å². The first kappa shape index (κ1) is 39.4. The van der Waals surface area contributed by atoms with Gasteiger partial charge in [-0.15, -0.1) is 0 Å². The van der Waals surface area contributed by atoms with Crippen LogP contribution in [0.15, 0.2) is 67.9 Å². The topological polar surface area (TPSA) is 358 Å². The van der Waals surface area contributed by atoms with Gasteiger partial charge in [0.05, 0.1) is 0 Å². The van der Waals surface area contributed by atoms with Gasteiger partial charge in [0.1, 0.15) is 98.3 Å². The maximum Gasteiger partial charge on any atom is 0.312 e. The molecule has 6 aromatic heterocycles. The Labute approximate surface area is 318 Å². The Morgan fingerprint density at radius 2 is 0.845 bits per heavy atom. The number of fused-ring (bicyclic) bond motifs is 3. The molecule has 0 spiro atoms. The number of aliphatic hydroxyl groups excluding tert-OH is 6. The van der Waals surface area contributed by atoms with Crippen LogP contribution in [0, 0.1) is 6.08 Å². The van der Waals surface area contributed by atoms with E-state index < -0.39 is 67.1 Å². The number of imidazole rings is 3. The number of hydrogen-bond acceptors (Lipinski definition) is 21. The summed E-state index contributed by atoms with van der Waals surface area (Å²) in [5.41, 5.74) is 18.2. The summed E-state index contributed by atoms with van der Waals surface area (Å²) in [7, 11) is 0. The van der Waals surface area contributed by atoms with E-state index in [-0.39, 0.29) is 59.1 Å². The predicted molar refractivity (Wildman–Crippen MR) is 183 cm³/mol. The van der Waals surface area contributed by atoms with Gasteiger partial charge in [0.25, 0.3) is 0 Å². The van der Waals surface area contributed by atoms with Crippen LogP contribution in [0.4, 0.5) is 35.0 Å². The number of nitrogens with zero attached hydrogens (tertiary/aromatic N) is 12. The van der Waals surface area contributed by atoms with E-state index in [4.69, 9.17) is 31.4 Å². The Kier molecular flexibility index (Phi) is 10.6. The van der Waals surface area contributed by atoms with Gasteiger partial charge in [-0.1, -0.05) is 0 Å². The lowest BCUT2D eigenvalue weighted by Gasteiger charge is -2.15. The van der Waals surface area contributed by atoms with Gasteiger partial charge in [-0.05, 0) is 0 Å². The highest BCUT2D eigenvalue weighted by Crippen LogP contribution is 2.36. The molecule has 3 fully saturated rings. The number of aliphatic hydroxyl groups is 6. The van der Waals surface area contributed by atoms with Gasteiger partial charge in [0.2, 0.25) is 18.7 Å². The van der Waals surface area contributed by atoms with Crippen LogP contribution >= 0.6 is 0 Å². The van der Waals surface area contributed by atoms with E-state index in [0.717, 1.165) is 4.57 Å². The van der Waals surface area contributed by atoms with Gasteiger partial charge in [0, 0.05) is 0 Å². The zero-order valence-corrected chi connectivity index (χ0v) is 28.8. The number of ether oxygens (including phenoxy) is 3. The number of nitrogen functional groups attached to an aromatic ring is 3. The lowest BCUT2D eigenvalue weighted by molar-refractivity contribution is -0.0120. The molecule has 28 heteroatoms. The van der Waals surface area contributed by atoms with Crippen LogP contribution in [-0.4, -0.2) is 126 Å². The van der Waals surface area contributed by atoms with Crippen molar-refractivity contribution >= 4 is 50.9 Å². The van der Waals surface area contributed by atoms with E-state index >= 15 is 0 Å². The van der Waals surface area contributed by atoms with Gasteiger partial charge in [-0.3, -0.25) is 13.7 Å². The lowest BCUT2D eigenvalue weighted by atomic mass is 10.2. The SMILES string of the molecule is Nc1nc(F)nc2c1ncn2[C@@H]1OC(=CF)[C@@H](O)[C@H]1O.Nc1ncnc2c1ncn2[C@@H]1OC(=CF)[C@@H](O)[C@@H]1O.Nc1ncnc2c1ncn2[C@@H]1OC(=CF)[C@@H](O)[C@H]1O. The molecule has 9 rings (SSSR count). The lowest BCUT2D eigenvalue weighted by Crippen LogP contribution is -2.27. The predicted octanol–water partition coefficient (Wildman–Crippen LogP) is -1.45. The normalized spacial score (nSPS) is 28.7. The van der Waals surface area contributed by atoms with Crippen LogP contribution in [0.3, 0.4) is 0 Å². The van der Waals surface area contributed by atoms with Crippen LogP contribution in [0.2, 0.25) is 0 Å². The van der Waals surface area contributed by atoms with E-state index in [2.05, 4.69) is 44.9 Å². The second-order valence-electron chi connectivity index (χ2n) is 12.2. The smallest absolute Gasteiger partial charge is 0.312 e. The minimum atomic E-state index is -1.54. The summed E-state index contributed by atoms with van der Waals surface area (Å²) in [5, 5.41) is 58.3. The first-order valence-corrected chi connectivity index (χ1v) is 16.3. The summed E-state index contributed by atoms with van der Waals surface area (Å²) in [4.78, 5) is 34.2. The molecular weight excluding hydrogens is 790 g/mol. The molecular formula is C30H29F4N15O9. The minimum Gasteiger partial charge on any atom is -0.466 e. The maximum absolute atomic E-state index is 13.2. The first-order chi connectivity index (χ1) is 27.8. The third kappa shape index (κ3) is 6.73. The largest absolute Gasteiger partial charge is 0.466 e. The molecule has 0 radical (unpaired) electrons. The molecule has 0 bridgehead atoms. The molecule has 9 heterocycles. The van der Waals surface area contributed by atoms with Gasteiger partial charge in [-0.25, -0.2) is 48.1 Å². The molecule has 3 saturated heterocycles. The standard InChI is InChI=1S/C10H9F2N5O3.2C10H10FN5O3/c11-1-3-5(18)6(19)9(20-3)17-2-14-4-7(13)15-10(12)16-8(4)17;2*11-1-4-6(17)7(18)10(19-4)16-3-15-5-8(12)13-2-14-9(5)16/h1-2,5-6,9,18-19H,(H2,13,15,16);2*1-3,6-7,10,17-18H,(H2,12,13,14)/t5-,6-,9-;6-,7+,10-;6-,7-,10-/m111/s1. The van der Waals surface area contributed by atoms with E-state index in [1.807, 2.05) is 0 Å². The number of halogens is 4. The molecule has 9 atom stereocenters. The molecule has 24 nitrogen and oxygen atoms in total. The van der Waals surface area contributed by atoms with E-state index in [1.54, 1.807) is 0 Å². The average Bonchev–Trinajstić information content (AvgIpc) is 4.07. The molecule has 0 aliphatic carbocycles. The van der Waals surface area contributed by atoms with Crippen molar-refractivity contribution in [2.45, 2.75) is 55.3 Å². The molecule has 0 amide bonds. The summed E-state index contributed by atoms with van der Waals surface area (Å²) in [6.07, 6.45) is -6.33. The van der Waals surface area contributed by atoms with E-state index in [9.17, 15) is 48.2 Å². The van der Waals surface area contributed by atoms with E-state index in [0.29, 0.717) is 22.3 Å². The van der Waals surface area contributed by atoms with Gasteiger partial charge in [-0.2, -0.15) is 14.4 Å². The summed E-state index contributed by atoms with van der Waals surface area (Å²) in [6, 6.07) is 0. The Balaban J connectivity index is 0.000000132. The molecule has 306 valence electrons. The van der Waals surface area contributed by atoms with Crippen molar-refractivity contribution in [2.75, 3.05) is 17.2 Å². The van der Waals surface area contributed by atoms with Crippen LogP contribution in [0.1, 0.15) is 18.7 Å². The zero-order valence-electron chi connectivity index (χ0n) is 28.8. The number of nitrogens with two attached hydrogens (primary N) is 3. The molecule has 0 aromatic carbocycles. The fourth-order valence-electron chi connectivity index (χ4n) is 5.95. The fourth-order valence-corrected chi connectivity index (χ4v) is 5.95. The quantitative estimate of drug-likeness (QED) is 0.0728. The van der Waals surface area contributed by atoms with Crippen molar-refractivity contribution in [1.29, 1.82) is 0 Å². The first-order valence-electron chi connectivity index (χ1n) is 16.3. The highest BCUT2D eigenvalue weighted by molar-refractivity contribution is 5.82. The van der Waals surface area contributed by atoms with Gasteiger partial charge in [0.15, 0.2) is 57.2 Å². The van der Waals surface area contributed by atoms with Crippen molar-refractivity contribution in [1.82, 2.24) is 58.6 Å². The Morgan fingerprint density at radius 1 is 0.500 bits per heavy atom. The number of aromatic nitrogens is 12. The molecule has 12 N–H and O–H groups in total. The van der Waals surface area contributed by atoms with E-state index in [1.165, 1.54) is 40.8 Å². The Hall–Kier alpha value is -6.85. The molecule has 0 unspecified atom stereocenters. The van der Waals surface area contributed by atoms with Crippen LogP contribution in [-0.2, 0) is 14.2 Å². The van der Waals surface area contributed by atoms with Crippen LogP contribution in [0.5, 0.6) is 0 Å². The summed E-state index contributed by atoms with van der Waals surface area (Å²) < 4.78 is 69.8. The van der Waals surface area contributed by atoms with Gasteiger partial charge >= 0.3 is 6.08 Å². The molecule has 6 aromatic rings. The average molecular weight is 820 g/mol. The fraction of sp³-hybridized carbons (Fsp3) is 0.300. The van der Waals surface area contributed by atoms with Crippen molar-refractivity contribution in [3.8, 4) is 0 Å². The molecule has 3 aliphatic rings. The van der Waals surface area contributed by atoms with Gasteiger partial charge < -0.3 is 62.1 Å². The Bertz CT molecular complexity index is 2460. The number of rotatable bonds is 3. The molecule has 0 saturated carbocycles. The summed E-state index contributed by atoms with van der Waals surface area (Å²) >= 11 is 0. The Morgan fingerprint density at radius 3 is 1.19 bits per heavy atom. The van der Waals surface area contributed by atoms with Crippen LogP contribution in [0.25, 0.3) is 33.5 Å². The van der Waals surface area contributed by atoms with Crippen LogP contribution < -0.4 is 17.2 Å². The number of anilines is 3. The van der Waals surface area contributed by atoms with Crippen molar-refractivity contribution in [3.63, 3.8) is 0 Å². The minimum absolute atomic E-state index is 0.0358. The summed E-state index contributed by atoms with van der Waals surface area (Å²) in [5.74, 6) is -0.953. The molecule has 3 aliphatic heterocycles. The second kappa shape index (κ2) is 15.6. The third-order valence-corrected chi connectivity index (χ3v) is 8.83. The second-order valence-corrected chi connectivity index (χ2v) is 12.2. The number of hydrogen-bond donors (Lipinski definition) is 9. The zero-order chi connectivity index (χ0) is 41.6. The third-order valence-electron chi connectivity index (χ3n) is 8.83. The van der Waals surface area contributed by atoms with Crippen molar-refractivity contribution in [2.24, 2.45) is 0 Å².